The average molecular weight is 463 g/mol. The highest BCUT2D eigenvalue weighted by atomic mass is 16.6. The molecule has 1 aromatic heterocycles. The first kappa shape index (κ1) is 21.7. The van der Waals surface area contributed by atoms with Gasteiger partial charge in [0.25, 0.3) is 11.2 Å². The van der Waals surface area contributed by atoms with Gasteiger partial charge in [0, 0.05) is 12.1 Å². The third kappa shape index (κ3) is 4.16. The molecule has 0 saturated heterocycles. The van der Waals surface area contributed by atoms with Crippen LogP contribution in [0.4, 0.5) is 5.69 Å². The fraction of sp³-hybridized carbons (Fsp3) is 0. The number of nitro benzene ring substituents is 1. The summed E-state index contributed by atoms with van der Waals surface area (Å²) < 4.78 is 1.40. The third-order valence-electron chi connectivity index (χ3n) is 5.64. The predicted molar refractivity (Wildman–Crippen MR) is 134 cm³/mol. The molecule has 0 atom stereocenters. The zero-order valence-electron chi connectivity index (χ0n) is 18.2. The van der Waals surface area contributed by atoms with Crippen molar-refractivity contribution >= 4 is 45.5 Å². The van der Waals surface area contributed by atoms with Gasteiger partial charge in [-0.2, -0.15) is 0 Å². The fourth-order valence-electron chi connectivity index (χ4n) is 3.92. The van der Waals surface area contributed by atoms with Gasteiger partial charge in [0.05, 0.1) is 27.1 Å². The monoisotopic (exact) mass is 463 g/mol. The van der Waals surface area contributed by atoms with E-state index in [1.165, 1.54) is 28.8 Å². The molecule has 0 aliphatic carbocycles. The molecular weight excluding hydrogens is 446 g/mol. The first-order chi connectivity index (χ1) is 16.9. The number of fused-ring (bicyclic) bond motifs is 2. The maximum atomic E-state index is 13.7. The Morgan fingerprint density at radius 3 is 2.31 bits per heavy atom. The Morgan fingerprint density at radius 1 is 0.914 bits per heavy atom. The van der Waals surface area contributed by atoms with Gasteiger partial charge in [0.15, 0.2) is 0 Å². The van der Waals surface area contributed by atoms with Gasteiger partial charge in [-0.15, -0.1) is 0 Å². The summed E-state index contributed by atoms with van der Waals surface area (Å²) in [6.45, 7) is 0. The number of hydrogen-bond acceptors (Lipinski definition) is 5. The molecule has 0 bridgehead atoms. The highest BCUT2D eigenvalue weighted by Gasteiger charge is 2.13. The van der Waals surface area contributed by atoms with Crippen LogP contribution in [-0.4, -0.2) is 25.6 Å². The van der Waals surface area contributed by atoms with E-state index >= 15 is 0 Å². The van der Waals surface area contributed by atoms with E-state index in [-0.39, 0.29) is 16.8 Å². The van der Waals surface area contributed by atoms with E-state index in [1.807, 2.05) is 30.3 Å². The molecule has 0 radical (unpaired) electrons. The summed E-state index contributed by atoms with van der Waals surface area (Å²) in [5.74, 6) is -0.773. The highest BCUT2D eigenvalue weighted by Crippen LogP contribution is 2.22. The number of hydrogen-bond donors (Lipinski definition) is 1. The third-order valence-corrected chi connectivity index (χ3v) is 5.64. The lowest BCUT2D eigenvalue weighted by Gasteiger charge is -2.12. The number of carboxylic acids is 1. The summed E-state index contributed by atoms with van der Waals surface area (Å²) in [6.07, 6.45) is 3.25. The summed E-state index contributed by atoms with van der Waals surface area (Å²) >= 11 is 0. The molecule has 8 nitrogen and oxygen atoms in total. The molecule has 0 spiro atoms. The normalized spacial score (nSPS) is 11.3. The Balaban J connectivity index is 1.73. The van der Waals surface area contributed by atoms with E-state index < -0.39 is 10.9 Å². The van der Waals surface area contributed by atoms with Crippen LogP contribution in [-0.2, 0) is 0 Å². The van der Waals surface area contributed by atoms with Crippen molar-refractivity contribution in [3.63, 3.8) is 0 Å². The molecule has 0 amide bonds. The van der Waals surface area contributed by atoms with E-state index in [2.05, 4.69) is 0 Å². The SMILES string of the molecule is O=C(O)c1ccc(-n2c(C=Cc3cccc([N+](=O)[O-])c3)nc3cc4ccccc4cc3c2=O)cc1. The lowest BCUT2D eigenvalue weighted by atomic mass is 10.1. The minimum atomic E-state index is -1.07. The topological polar surface area (TPSA) is 115 Å². The minimum absolute atomic E-state index is 0.0493. The van der Waals surface area contributed by atoms with Gasteiger partial charge >= 0.3 is 5.97 Å². The van der Waals surface area contributed by atoms with E-state index in [0.29, 0.717) is 28.0 Å². The van der Waals surface area contributed by atoms with Crippen LogP contribution >= 0.6 is 0 Å². The molecular formula is C27H17N3O5. The molecule has 8 heteroatoms. The lowest BCUT2D eigenvalue weighted by molar-refractivity contribution is -0.384. The van der Waals surface area contributed by atoms with Gasteiger partial charge in [-0.3, -0.25) is 19.5 Å². The van der Waals surface area contributed by atoms with Crippen LogP contribution < -0.4 is 5.56 Å². The van der Waals surface area contributed by atoms with Crippen molar-refractivity contribution in [3.8, 4) is 5.69 Å². The molecule has 35 heavy (non-hydrogen) atoms. The second kappa shape index (κ2) is 8.68. The zero-order valence-corrected chi connectivity index (χ0v) is 18.2. The van der Waals surface area contributed by atoms with Crippen molar-refractivity contribution in [2.45, 2.75) is 0 Å². The number of carboxylic acid groups (broad SMARTS) is 1. The van der Waals surface area contributed by atoms with Crippen molar-refractivity contribution in [2.24, 2.45) is 0 Å². The van der Waals surface area contributed by atoms with E-state index in [1.54, 1.807) is 42.5 Å². The molecule has 170 valence electrons. The summed E-state index contributed by atoms with van der Waals surface area (Å²) in [4.78, 5) is 40.3. The number of non-ortho nitro benzene ring substituents is 1. The first-order valence-corrected chi connectivity index (χ1v) is 10.6. The van der Waals surface area contributed by atoms with Gasteiger partial charge in [0.2, 0.25) is 0 Å². The largest absolute Gasteiger partial charge is 0.478 e. The predicted octanol–water partition coefficient (Wildman–Crippen LogP) is 5.32. The van der Waals surface area contributed by atoms with Crippen molar-refractivity contribution in [1.29, 1.82) is 0 Å². The smallest absolute Gasteiger partial charge is 0.335 e. The first-order valence-electron chi connectivity index (χ1n) is 10.6. The second-order valence-corrected chi connectivity index (χ2v) is 7.86. The summed E-state index contributed by atoms with van der Waals surface area (Å²) in [6, 6.07) is 23.3. The Morgan fingerprint density at radius 2 is 1.63 bits per heavy atom. The van der Waals surface area contributed by atoms with Crippen LogP contribution in [0, 0.1) is 10.1 Å². The summed E-state index contributed by atoms with van der Waals surface area (Å²) in [5.41, 5.74) is 1.25. The summed E-state index contributed by atoms with van der Waals surface area (Å²) in [5, 5.41) is 22.6. The Labute approximate surface area is 198 Å². The van der Waals surface area contributed by atoms with Crippen LogP contribution in [0.25, 0.3) is 39.5 Å². The van der Waals surface area contributed by atoms with E-state index in [9.17, 15) is 24.8 Å². The van der Waals surface area contributed by atoms with Gasteiger partial charge in [0.1, 0.15) is 5.82 Å². The number of benzene rings is 4. The number of carbonyl (C=O) groups is 1. The van der Waals surface area contributed by atoms with Gasteiger partial charge in [-0.1, -0.05) is 42.5 Å². The van der Waals surface area contributed by atoms with E-state index in [4.69, 9.17) is 4.98 Å². The van der Waals surface area contributed by atoms with Crippen molar-refractivity contribution in [3.05, 3.63) is 122 Å². The molecule has 0 fully saturated rings. The molecule has 1 N–H and O–H groups in total. The van der Waals surface area contributed by atoms with E-state index in [0.717, 1.165) is 10.8 Å². The standard InChI is InChI=1S/C27H17N3O5/c31-26-23-15-19-5-1-2-6-20(19)16-24(23)28-25(13-8-17-4-3-7-22(14-17)30(34)35)29(26)21-11-9-18(10-12-21)27(32)33/h1-16H,(H,32,33). The maximum Gasteiger partial charge on any atom is 0.335 e. The van der Waals surface area contributed by atoms with Crippen molar-refractivity contribution < 1.29 is 14.8 Å². The molecule has 1 heterocycles. The second-order valence-electron chi connectivity index (χ2n) is 7.86. The maximum absolute atomic E-state index is 13.7. The van der Waals surface area contributed by atoms with Crippen LogP contribution in [0.5, 0.6) is 0 Å². The van der Waals surface area contributed by atoms with Crippen LogP contribution in [0.2, 0.25) is 0 Å². The Bertz CT molecular complexity index is 1720. The molecule has 0 aliphatic heterocycles. The molecule has 0 aliphatic rings. The molecule has 5 rings (SSSR count). The number of nitrogens with zero attached hydrogens (tertiary/aromatic N) is 3. The Kier molecular flexibility index (Phi) is 5.39. The Hall–Kier alpha value is -5.11. The zero-order chi connectivity index (χ0) is 24.5. The summed E-state index contributed by atoms with van der Waals surface area (Å²) in [7, 11) is 0. The fourth-order valence-corrected chi connectivity index (χ4v) is 3.92. The molecule has 5 aromatic rings. The van der Waals surface area contributed by atoms with Crippen LogP contribution in [0.3, 0.4) is 0 Å². The minimum Gasteiger partial charge on any atom is -0.478 e. The quantitative estimate of drug-likeness (QED) is 0.214. The lowest BCUT2D eigenvalue weighted by Crippen LogP contribution is -2.22. The van der Waals surface area contributed by atoms with Crippen molar-refractivity contribution in [2.75, 3.05) is 0 Å². The molecule has 4 aromatic carbocycles. The van der Waals surface area contributed by atoms with Gasteiger partial charge < -0.3 is 5.11 Å². The number of rotatable bonds is 5. The van der Waals surface area contributed by atoms with Gasteiger partial charge in [-0.05, 0) is 58.8 Å². The van der Waals surface area contributed by atoms with Crippen LogP contribution in [0.15, 0.2) is 89.7 Å². The van der Waals surface area contributed by atoms with Crippen LogP contribution in [0.1, 0.15) is 21.7 Å². The highest BCUT2D eigenvalue weighted by molar-refractivity contribution is 5.96. The number of aromatic carboxylic acids is 1. The molecule has 0 saturated carbocycles. The number of aromatic nitrogens is 2. The average Bonchev–Trinajstić information content (AvgIpc) is 2.87. The van der Waals surface area contributed by atoms with Crippen molar-refractivity contribution in [1.82, 2.24) is 9.55 Å². The number of nitro groups is 1. The van der Waals surface area contributed by atoms with Gasteiger partial charge in [-0.25, -0.2) is 9.78 Å². The molecule has 0 unspecified atom stereocenters.